The molecule has 0 fully saturated rings. The van der Waals surface area contributed by atoms with Crippen LogP contribution in [0.15, 0.2) is 0 Å². The number of hydrogen-bond donors (Lipinski definition) is 0. The van der Waals surface area contributed by atoms with Crippen LogP contribution in [-0.2, 0) is 0 Å². The first-order valence-corrected chi connectivity index (χ1v) is 8.34. The molecule has 0 aliphatic carbocycles. The van der Waals surface area contributed by atoms with Gasteiger partial charge in [0.1, 0.15) is 0 Å². The van der Waals surface area contributed by atoms with Crippen molar-refractivity contribution in [1.29, 1.82) is 0 Å². The van der Waals surface area contributed by atoms with Crippen LogP contribution in [0, 0.1) is 0 Å². The molecular formula is C16H28O2S. The van der Waals surface area contributed by atoms with E-state index in [0.29, 0.717) is 25.0 Å². The molecule has 0 aliphatic rings. The Kier molecular flexibility index (Phi) is 6.70. The molecule has 0 bridgehead atoms. The molecule has 0 radical (unpaired) electrons. The van der Waals surface area contributed by atoms with Crippen LogP contribution in [0.1, 0.15) is 76.0 Å². The first-order valence-electron chi connectivity index (χ1n) is 7.52. The molecule has 1 rings (SSSR count). The maximum absolute atomic E-state index is 5.90. The molecule has 0 aromatic carbocycles. The molecule has 1 aromatic rings. The van der Waals surface area contributed by atoms with Gasteiger partial charge >= 0.3 is 0 Å². The lowest BCUT2D eigenvalue weighted by Gasteiger charge is -2.13. The lowest BCUT2D eigenvalue weighted by molar-refractivity contribution is 0.284. The van der Waals surface area contributed by atoms with Crippen molar-refractivity contribution in [2.75, 3.05) is 13.2 Å². The van der Waals surface area contributed by atoms with Crippen molar-refractivity contribution in [2.45, 2.75) is 66.2 Å². The minimum absolute atomic E-state index is 0.531. The second-order valence-electron chi connectivity index (χ2n) is 4.97. The van der Waals surface area contributed by atoms with E-state index in [1.807, 2.05) is 25.2 Å². The number of hydrogen-bond acceptors (Lipinski definition) is 3. The van der Waals surface area contributed by atoms with E-state index in [4.69, 9.17) is 9.47 Å². The van der Waals surface area contributed by atoms with Gasteiger partial charge in [-0.05, 0) is 38.5 Å². The molecule has 2 nitrogen and oxygen atoms in total. The van der Waals surface area contributed by atoms with Crippen LogP contribution in [0.5, 0.6) is 11.5 Å². The van der Waals surface area contributed by atoms with Gasteiger partial charge in [-0.25, -0.2) is 0 Å². The van der Waals surface area contributed by atoms with Crippen molar-refractivity contribution in [2.24, 2.45) is 0 Å². The van der Waals surface area contributed by atoms with Gasteiger partial charge in [0, 0.05) is 0 Å². The summed E-state index contributed by atoms with van der Waals surface area (Å²) in [5.41, 5.74) is 0. The zero-order chi connectivity index (χ0) is 14.4. The number of rotatable bonds is 8. The second-order valence-corrected chi connectivity index (χ2v) is 6.06. The lowest BCUT2D eigenvalue weighted by atomic mass is 10.0. The van der Waals surface area contributed by atoms with Crippen molar-refractivity contribution in [1.82, 2.24) is 0 Å². The van der Waals surface area contributed by atoms with Gasteiger partial charge in [-0.1, -0.05) is 27.7 Å². The first kappa shape index (κ1) is 16.4. The summed E-state index contributed by atoms with van der Waals surface area (Å²) in [7, 11) is 0. The average Bonchev–Trinajstić information content (AvgIpc) is 2.77. The third kappa shape index (κ3) is 3.65. The van der Waals surface area contributed by atoms with Gasteiger partial charge in [-0.3, -0.25) is 0 Å². The smallest absolute Gasteiger partial charge is 0.175 e. The molecule has 1 heterocycles. The third-order valence-electron chi connectivity index (χ3n) is 3.57. The Morgan fingerprint density at radius 1 is 0.789 bits per heavy atom. The van der Waals surface area contributed by atoms with Crippen molar-refractivity contribution in [3.05, 3.63) is 9.75 Å². The predicted octanol–water partition coefficient (Wildman–Crippen LogP) is 5.57. The van der Waals surface area contributed by atoms with Crippen LogP contribution < -0.4 is 9.47 Å². The van der Waals surface area contributed by atoms with E-state index in [9.17, 15) is 0 Å². The molecule has 19 heavy (non-hydrogen) atoms. The van der Waals surface area contributed by atoms with Crippen LogP contribution in [0.2, 0.25) is 0 Å². The molecule has 0 N–H and O–H groups in total. The fourth-order valence-electron chi connectivity index (χ4n) is 2.02. The summed E-state index contributed by atoms with van der Waals surface area (Å²) in [6, 6.07) is 0. The van der Waals surface area contributed by atoms with Crippen molar-refractivity contribution >= 4 is 11.3 Å². The minimum Gasteiger partial charge on any atom is -0.489 e. The Hall–Kier alpha value is -0.700. The zero-order valence-electron chi connectivity index (χ0n) is 13.2. The Balaban J connectivity index is 3.30. The average molecular weight is 284 g/mol. The molecule has 0 amide bonds. The highest BCUT2D eigenvalue weighted by molar-refractivity contribution is 7.13. The Bertz CT molecular complexity index is 350. The highest BCUT2D eigenvalue weighted by Crippen LogP contribution is 2.49. The maximum Gasteiger partial charge on any atom is 0.175 e. The van der Waals surface area contributed by atoms with Gasteiger partial charge in [0.15, 0.2) is 11.5 Å². The fourth-order valence-corrected chi connectivity index (χ4v) is 3.48. The Labute approximate surface area is 122 Å². The quantitative estimate of drug-likeness (QED) is 0.621. The standard InChI is InChI=1S/C16H28O2S/c1-7-11(5)15-13(17-9-3)14(18-10-4)16(19-15)12(6)8-2/h11-12H,7-10H2,1-6H3. The van der Waals surface area contributed by atoms with Crippen LogP contribution in [-0.4, -0.2) is 13.2 Å². The Morgan fingerprint density at radius 2 is 1.16 bits per heavy atom. The minimum atomic E-state index is 0.531. The van der Waals surface area contributed by atoms with Gasteiger partial charge in [0.25, 0.3) is 0 Å². The zero-order valence-corrected chi connectivity index (χ0v) is 14.0. The largest absolute Gasteiger partial charge is 0.489 e. The van der Waals surface area contributed by atoms with Crippen LogP contribution in [0.25, 0.3) is 0 Å². The van der Waals surface area contributed by atoms with Crippen LogP contribution >= 0.6 is 11.3 Å². The molecule has 1 aromatic heterocycles. The summed E-state index contributed by atoms with van der Waals surface area (Å²) < 4.78 is 11.8. The van der Waals surface area contributed by atoms with Crippen LogP contribution in [0.3, 0.4) is 0 Å². The van der Waals surface area contributed by atoms with E-state index in [0.717, 1.165) is 24.3 Å². The molecule has 110 valence electrons. The molecule has 3 heteroatoms. The summed E-state index contributed by atoms with van der Waals surface area (Å²) >= 11 is 1.88. The highest BCUT2D eigenvalue weighted by Gasteiger charge is 2.25. The van der Waals surface area contributed by atoms with Gasteiger partial charge in [-0.15, -0.1) is 11.3 Å². The van der Waals surface area contributed by atoms with Gasteiger partial charge in [-0.2, -0.15) is 0 Å². The molecule has 0 aliphatic heterocycles. The summed E-state index contributed by atoms with van der Waals surface area (Å²) in [4.78, 5) is 2.70. The van der Waals surface area contributed by atoms with E-state index >= 15 is 0 Å². The topological polar surface area (TPSA) is 18.5 Å². The summed E-state index contributed by atoms with van der Waals surface area (Å²) in [6.07, 6.45) is 2.26. The van der Waals surface area contributed by atoms with E-state index in [1.165, 1.54) is 9.75 Å². The molecule has 0 saturated carbocycles. The van der Waals surface area contributed by atoms with Gasteiger partial charge in [0.05, 0.1) is 23.0 Å². The van der Waals surface area contributed by atoms with Gasteiger partial charge in [0.2, 0.25) is 0 Å². The SMILES string of the molecule is CCOc1c(C(C)CC)sc(C(C)CC)c1OCC. The first-order chi connectivity index (χ1) is 9.10. The molecule has 2 atom stereocenters. The van der Waals surface area contributed by atoms with Crippen LogP contribution in [0.4, 0.5) is 0 Å². The van der Waals surface area contributed by atoms with E-state index in [1.54, 1.807) is 0 Å². The highest BCUT2D eigenvalue weighted by atomic mass is 32.1. The monoisotopic (exact) mass is 284 g/mol. The number of thiophene rings is 1. The van der Waals surface area contributed by atoms with E-state index in [-0.39, 0.29) is 0 Å². The van der Waals surface area contributed by atoms with Gasteiger partial charge < -0.3 is 9.47 Å². The molecule has 0 spiro atoms. The van der Waals surface area contributed by atoms with Crippen molar-refractivity contribution in [3.8, 4) is 11.5 Å². The van der Waals surface area contributed by atoms with E-state index in [2.05, 4.69) is 27.7 Å². The predicted molar refractivity (Wildman–Crippen MR) is 84.1 cm³/mol. The molecule has 2 unspecified atom stereocenters. The normalized spacial score (nSPS) is 14.2. The molecule has 0 saturated heterocycles. The Morgan fingerprint density at radius 3 is 1.42 bits per heavy atom. The summed E-state index contributed by atoms with van der Waals surface area (Å²) in [5.74, 6) is 3.06. The van der Waals surface area contributed by atoms with E-state index < -0.39 is 0 Å². The fraction of sp³-hybridized carbons (Fsp3) is 0.750. The lowest BCUT2D eigenvalue weighted by Crippen LogP contribution is -2.01. The summed E-state index contributed by atoms with van der Waals surface area (Å²) in [5, 5.41) is 0. The van der Waals surface area contributed by atoms with Crippen molar-refractivity contribution in [3.63, 3.8) is 0 Å². The molecular weight excluding hydrogens is 256 g/mol. The number of ether oxygens (including phenoxy) is 2. The summed E-state index contributed by atoms with van der Waals surface area (Å²) in [6.45, 7) is 14.5. The van der Waals surface area contributed by atoms with Crippen molar-refractivity contribution < 1.29 is 9.47 Å². The third-order valence-corrected chi connectivity index (χ3v) is 5.19. The second kappa shape index (κ2) is 7.78. The maximum atomic E-state index is 5.90.